The lowest BCUT2D eigenvalue weighted by molar-refractivity contribution is -0.137. The molecule has 0 spiro atoms. The molecule has 136 valence electrons. The van der Waals surface area contributed by atoms with Crippen molar-refractivity contribution < 1.29 is 9.53 Å². The van der Waals surface area contributed by atoms with Gasteiger partial charge >= 0.3 is 0 Å². The quantitative estimate of drug-likeness (QED) is 0.902. The van der Waals surface area contributed by atoms with E-state index in [1.807, 2.05) is 12.3 Å². The number of carbonyl (C=O) groups is 1. The molecule has 0 aromatic carbocycles. The minimum Gasteiger partial charge on any atom is -0.378 e. The van der Waals surface area contributed by atoms with E-state index in [0.717, 1.165) is 32.5 Å². The van der Waals surface area contributed by atoms with Crippen molar-refractivity contribution in [2.75, 3.05) is 25.0 Å². The number of pyridine rings is 1. The van der Waals surface area contributed by atoms with Crippen LogP contribution in [0.15, 0.2) is 43.1 Å². The van der Waals surface area contributed by atoms with Crippen molar-refractivity contribution in [2.45, 2.75) is 25.5 Å². The summed E-state index contributed by atoms with van der Waals surface area (Å²) in [5.74, 6) is 0.661. The second kappa shape index (κ2) is 7.88. The Labute approximate surface area is 152 Å². The van der Waals surface area contributed by atoms with Crippen LogP contribution in [0.25, 0.3) is 0 Å². The third-order valence-corrected chi connectivity index (χ3v) is 5.23. The molecule has 3 atom stereocenters. The first-order valence-electron chi connectivity index (χ1n) is 9.09. The summed E-state index contributed by atoms with van der Waals surface area (Å²) in [5, 5.41) is 2.91. The number of piperidine rings is 1. The molecule has 0 aliphatic carbocycles. The van der Waals surface area contributed by atoms with Crippen LogP contribution in [0.3, 0.4) is 0 Å². The summed E-state index contributed by atoms with van der Waals surface area (Å²) in [6.45, 7) is 3.34. The number of hydrogen-bond acceptors (Lipinski definition) is 6. The van der Waals surface area contributed by atoms with E-state index >= 15 is 0 Å². The molecule has 4 heterocycles. The van der Waals surface area contributed by atoms with Gasteiger partial charge in [0.15, 0.2) is 5.82 Å². The van der Waals surface area contributed by atoms with Crippen LogP contribution in [0.5, 0.6) is 0 Å². The Balaban J connectivity index is 1.43. The maximum atomic E-state index is 12.8. The van der Waals surface area contributed by atoms with Gasteiger partial charge in [0.05, 0.1) is 12.3 Å². The van der Waals surface area contributed by atoms with Crippen molar-refractivity contribution in [3.8, 4) is 0 Å². The Morgan fingerprint density at radius 3 is 2.96 bits per heavy atom. The number of likely N-dealkylation sites (tertiary alicyclic amines) is 1. The molecule has 2 aliphatic rings. The van der Waals surface area contributed by atoms with Crippen molar-refractivity contribution in [1.29, 1.82) is 0 Å². The molecule has 1 amide bonds. The summed E-state index contributed by atoms with van der Waals surface area (Å²) in [6.07, 6.45) is 10.3. The highest BCUT2D eigenvalue weighted by atomic mass is 16.5. The molecule has 2 saturated heterocycles. The highest BCUT2D eigenvalue weighted by Gasteiger charge is 2.41. The van der Waals surface area contributed by atoms with Crippen LogP contribution in [0.1, 0.15) is 18.4 Å². The fourth-order valence-electron chi connectivity index (χ4n) is 3.99. The first-order chi connectivity index (χ1) is 12.8. The second-order valence-corrected chi connectivity index (χ2v) is 6.93. The van der Waals surface area contributed by atoms with Gasteiger partial charge in [-0.25, -0.2) is 4.98 Å². The molecule has 0 unspecified atom stereocenters. The first kappa shape index (κ1) is 17.1. The number of carbonyl (C=O) groups excluding carboxylic acids is 1. The summed E-state index contributed by atoms with van der Waals surface area (Å²) >= 11 is 0. The van der Waals surface area contributed by atoms with Crippen LogP contribution in [-0.2, 0) is 16.1 Å². The van der Waals surface area contributed by atoms with E-state index in [1.165, 1.54) is 5.56 Å². The van der Waals surface area contributed by atoms with Gasteiger partial charge in [0.1, 0.15) is 0 Å². The molecule has 2 fully saturated rings. The Morgan fingerprint density at radius 2 is 2.15 bits per heavy atom. The zero-order chi connectivity index (χ0) is 17.8. The van der Waals surface area contributed by atoms with Crippen molar-refractivity contribution in [2.24, 2.45) is 11.8 Å². The van der Waals surface area contributed by atoms with E-state index in [-0.39, 0.29) is 23.8 Å². The van der Waals surface area contributed by atoms with E-state index in [9.17, 15) is 4.79 Å². The Hall–Kier alpha value is -2.38. The second-order valence-electron chi connectivity index (χ2n) is 6.93. The van der Waals surface area contributed by atoms with Crippen molar-refractivity contribution >= 4 is 11.7 Å². The normalized spacial score (nSPS) is 26.1. The van der Waals surface area contributed by atoms with Gasteiger partial charge < -0.3 is 10.1 Å². The minimum absolute atomic E-state index is 0.0204. The molecule has 7 heteroatoms. The number of amides is 1. The van der Waals surface area contributed by atoms with Crippen molar-refractivity contribution in [3.05, 3.63) is 48.7 Å². The smallest absolute Gasteiger partial charge is 0.229 e. The van der Waals surface area contributed by atoms with Crippen LogP contribution >= 0.6 is 0 Å². The average molecular weight is 353 g/mol. The number of fused-ring (bicyclic) bond motifs is 1. The third-order valence-electron chi connectivity index (χ3n) is 5.23. The summed E-state index contributed by atoms with van der Waals surface area (Å²) in [6, 6.07) is 4.05. The van der Waals surface area contributed by atoms with Crippen LogP contribution in [0.4, 0.5) is 5.82 Å². The molecule has 2 aromatic heterocycles. The monoisotopic (exact) mass is 353 g/mol. The van der Waals surface area contributed by atoms with Crippen molar-refractivity contribution in [3.63, 3.8) is 0 Å². The highest BCUT2D eigenvalue weighted by molar-refractivity contribution is 5.91. The van der Waals surface area contributed by atoms with Crippen molar-refractivity contribution in [1.82, 2.24) is 19.9 Å². The lowest BCUT2D eigenvalue weighted by Crippen LogP contribution is -2.52. The predicted octanol–water partition coefficient (Wildman–Crippen LogP) is 1.74. The molecule has 0 radical (unpaired) electrons. The number of hydrogen-bond donors (Lipinski definition) is 1. The number of rotatable bonds is 4. The Bertz CT molecular complexity index is 727. The maximum absolute atomic E-state index is 12.8. The summed E-state index contributed by atoms with van der Waals surface area (Å²) in [4.78, 5) is 27.6. The largest absolute Gasteiger partial charge is 0.378 e. The standard InChI is InChI=1S/C19H23N5O2/c25-19(23-18-11-21-6-7-22-18)15-4-9-26-17-3-8-24(13-16(15)17)12-14-2-1-5-20-10-14/h1-2,5-7,10-11,15-17H,3-4,8-9,12-13H2,(H,22,23,25)/t15-,16+,17-/m1/s1. The molecule has 2 aromatic rings. The Kier molecular flexibility index (Phi) is 5.17. The van der Waals surface area contributed by atoms with E-state index in [2.05, 4.69) is 31.2 Å². The van der Waals surface area contributed by atoms with Crippen LogP contribution in [0, 0.1) is 11.8 Å². The van der Waals surface area contributed by atoms with Gasteiger partial charge in [-0.05, 0) is 24.5 Å². The van der Waals surface area contributed by atoms with E-state index < -0.39 is 0 Å². The molecule has 0 bridgehead atoms. The number of ether oxygens (including phenoxy) is 1. The van der Waals surface area contributed by atoms with Gasteiger partial charge in [-0.2, -0.15) is 0 Å². The summed E-state index contributed by atoms with van der Waals surface area (Å²) < 4.78 is 5.96. The van der Waals surface area contributed by atoms with Gasteiger partial charge in [0, 0.05) is 62.9 Å². The fourth-order valence-corrected chi connectivity index (χ4v) is 3.99. The molecule has 2 aliphatic heterocycles. The van der Waals surface area contributed by atoms with E-state index in [0.29, 0.717) is 12.4 Å². The molecule has 7 nitrogen and oxygen atoms in total. The average Bonchev–Trinajstić information content (AvgIpc) is 2.69. The number of anilines is 1. The number of nitrogens with one attached hydrogen (secondary N) is 1. The number of nitrogens with zero attached hydrogens (tertiary/aromatic N) is 4. The van der Waals surface area contributed by atoms with E-state index in [1.54, 1.807) is 24.8 Å². The lowest BCUT2D eigenvalue weighted by Gasteiger charge is -2.44. The topological polar surface area (TPSA) is 80.2 Å². The Morgan fingerprint density at radius 1 is 1.23 bits per heavy atom. The summed E-state index contributed by atoms with van der Waals surface area (Å²) in [5.41, 5.74) is 1.20. The molecule has 1 N–H and O–H groups in total. The molecule has 26 heavy (non-hydrogen) atoms. The third kappa shape index (κ3) is 3.89. The van der Waals surface area contributed by atoms with Gasteiger partial charge in [0.2, 0.25) is 5.91 Å². The minimum atomic E-state index is -0.0625. The van der Waals surface area contributed by atoms with Crippen LogP contribution < -0.4 is 5.32 Å². The maximum Gasteiger partial charge on any atom is 0.229 e. The zero-order valence-corrected chi connectivity index (χ0v) is 14.6. The van der Waals surface area contributed by atoms with Gasteiger partial charge in [-0.15, -0.1) is 0 Å². The summed E-state index contributed by atoms with van der Waals surface area (Å²) in [7, 11) is 0. The molecular weight excluding hydrogens is 330 g/mol. The molecule has 0 saturated carbocycles. The van der Waals surface area contributed by atoms with Gasteiger partial charge in [0.25, 0.3) is 0 Å². The fraction of sp³-hybridized carbons (Fsp3) is 0.474. The SMILES string of the molecule is O=C(Nc1cnccn1)[C@@H]1CCO[C@@H]2CCN(Cc3cccnc3)C[C@H]21. The van der Waals surface area contributed by atoms with Crippen LogP contribution in [-0.4, -0.2) is 51.6 Å². The first-order valence-corrected chi connectivity index (χ1v) is 9.09. The molecular formula is C19H23N5O2. The van der Waals surface area contributed by atoms with Crippen LogP contribution in [0.2, 0.25) is 0 Å². The lowest BCUT2D eigenvalue weighted by atomic mass is 9.79. The molecule has 4 rings (SSSR count). The predicted molar refractivity (Wildman–Crippen MR) is 96.1 cm³/mol. The van der Waals surface area contributed by atoms with E-state index in [4.69, 9.17) is 4.74 Å². The highest BCUT2D eigenvalue weighted by Crippen LogP contribution is 2.34. The number of aromatic nitrogens is 3. The zero-order valence-electron chi connectivity index (χ0n) is 14.6. The van der Waals surface area contributed by atoms with Gasteiger partial charge in [-0.3, -0.25) is 19.7 Å². The van der Waals surface area contributed by atoms with Gasteiger partial charge in [-0.1, -0.05) is 6.07 Å².